The Labute approximate surface area is 168 Å². The fourth-order valence-corrected chi connectivity index (χ4v) is 3.45. The lowest BCUT2D eigenvalue weighted by molar-refractivity contribution is 0.0519. The second-order valence-electron chi connectivity index (χ2n) is 6.22. The molecule has 0 radical (unpaired) electrons. The van der Waals surface area contributed by atoms with Crippen LogP contribution in [0.5, 0.6) is 5.75 Å². The molecule has 0 saturated carbocycles. The Kier molecular flexibility index (Phi) is 6.30. The van der Waals surface area contributed by atoms with Crippen molar-refractivity contribution in [1.82, 2.24) is 4.98 Å². The highest BCUT2D eigenvalue weighted by Crippen LogP contribution is 2.31. The predicted octanol–water partition coefficient (Wildman–Crippen LogP) is 5.97. The molecule has 4 nitrogen and oxygen atoms in total. The van der Waals surface area contributed by atoms with Crippen LogP contribution in [0, 0.1) is 6.92 Å². The van der Waals surface area contributed by atoms with Crippen molar-refractivity contribution in [3.8, 4) is 5.75 Å². The molecular formula is C21H21Cl2NO3. The highest BCUT2D eigenvalue weighted by atomic mass is 35.5. The quantitative estimate of drug-likeness (QED) is 0.388. The molecule has 0 aliphatic rings. The first-order valence-corrected chi connectivity index (χ1v) is 9.62. The molecular weight excluding hydrogens is 385 g/mol. The maximum Gasteiger partial charge on any atom is 0.355 e. The Balaban J connectivity index is 1.75. The second kappa shape index (κ2) is 8.68. The molecule has 3 rings (SSSR count). The zero-order valence-electron chi connectivity index (χ0n) is 15.3. The zero-order chi connectivity index (χ0) is 19.4. The summed E-state index contributed by atoms with van der Waals surface area (Å²) < 4.78 is 11.0. The maximum atomic E-state index is 12.3. The third-order valence-electron chi connectivity index (χ3n) is 4.33. The number of rotatable bonds is 7. The van der Waals surface area contributed by atoms with Gasteiger partial charge in [-0.25, -0.2) is 4.79 Å². The summed E-state index contributed by atoms with van der Waals surface area (Å²) in [6, 6.07) is 11.2. The molecule has 27 heavy (non-hydrogen) atoms. The van der Waals surface area contributed by atoms with E-state index in [0.29, 0.717) is 30.4 Å². The Hall–Kier alpha value is -2.17. The summed E-state index contributed by atoms with van der Waals surface area (Å²) in [5.41, 5.74) is 3.13. The van der Waals surface area contributed by atoms with Gasteiger partial charge in [-0.15, -0.1) is 0 Å². The Morgan fingerprint density at radius 3 is 2.70 bits per heavy atom. The molecule has 0 amide bonds. The summed E-state index contributed by atoms with van der Waals surface area (Å²) >= 11 is 12.4. The van der Waals surface area contributed by atoms with Gasteiger partial charge in [-0.2, -0.15) is 0 Å². The van der Waals surface area contributed by atoms with Crippen LogP contribution < -0.4 is 4.74 Å². The topological polar surface area (TPSA) is 51.3 Å². The molecule has 0 atom stereocenters. The molecule has 1 heterocycles. The average Bonchev–Trinajstić information content (AvgIpc) is 3.02. The number of nitrogens with one attached hydrogen (secondary N) is 1. The van der Waals surface area contributed by atoms with Crippen molar-refractivity contribution in [1.29, 1.82) is 0 Å². The molecule has 0 unspecified atom stereocenters. The van der Waals surface area contributed by atoms with Gasteiger partial charge in [0.25, 0.3) is 0 Å². The number of esters is 1. The van der Waals surface area contributed by atoms with Crippen molar-refractivity contribution in [2.45, 2.75) is 26.7 Å². The van der Waals surface area contributed by atoms with E-state index in [2.05, 4.69) is 4.98 Å². The average molecular weight is 406 g/mol. The lowest BCUT2D eigenvalue weighted by Crippen LogP contribution is -2.09. The number of fused-ring (bicyclic) bond motifs is 1. The van der Waals surface area contributed by atoms with Crippen LogP contribution >= 0.6 is 23.2 Å². The van der Waals surface area contributed by atoms with Gasteiger partial charge < -0.3 is 14.5 Å². The van der Waals surface area contributed by atoms with Gasteiger partial charge in [-0.05, 0) is 68.1 Å². The molecule has 0 aliphatic carbocycles. The SMILES string of the molecule is CCOC(=O)c1[nH]c2cccc(Cl)c2c1CCCOc1ccc(Cl)c(C)c1. The Bertz CT molecular complexity index is 965. The number of ether oxygens (including phenoxy) is 2. The number of aryl methyl sites for hydroxylation is 2. The first kappa shape index (κ1) is 19.6. The number of hydrogen-bond donors (Lipinski definition) is 1. The number of aromatic nitrogens is 1. The summed E-state index contributed by atoms with van der Waals surface area (Å²) in [5, 5.41) is 2.20. The van der Waals surface area contributed by atoms with Crippen LogP contribution in [0.1, 0.15) is 35.0 Å². The van der Waals surface area contributed by atoms with Gasteiger partial charge in [-0.1, -0.05) is 29.3 Å². The normalized spacial score (nSPS) is 11.0. The highest BCUT2D eigenvalue weighted by Gasteiger charge is 2.20. The van der Waals surface area contributed by atoms with Crippen LogP contribution in [0.2, 0.25) is 10.0 Å². The smallest absolute Gasteiger partial charge is 0.355 e. The number of carbonyl (C=O) groups excluding carboxylic acids is 1. The fourth-order valence-electron chi connectivity index (χ4n) is 3.04. The second-order valence-corrected chi connectivity index (χ2v) is 7.04. The van der Waals surface area contributed by atoms with Crippen LogP contribution in [0.15, 0.2) is 36.4 Å². The van der Waals surface area contributed by atoms with Gasteiger partial charge in [0.1, 0.15) is 11.4 Å². The van der Waals surface area contributed by atoms with E-state index in [1.165, 1.54) is 0 Å². The van der Waals surface area contributed by atoms with E-state index in [1.54, 1.807) is 6.92 Å². The van der Waals surface area contributed by atoms with Crippen LogP contribution in [-0.2, 0) is 11.2 Å². The predicted molar refractivity (Wildman–Crippen MR) is 109 cm³/mol. The van der Waals surface area contributed by atoms with E-state index in [0.717, 1.165) is 39.2 Å². The molecule has 0 fully saturated rings. The van der Waals surface area contributed by atoms with E-state index in [1.807, 2.05) is 43.3 Å². The lowest BCUT2D eigenvalue weighted by Gasteiger charge is -2.09. The molecule has 0 aliphatic heterocycles. The molecule has 0 saturated heterocycles. The summed E-state index contributed by atoms with van der Waals surface area (Å²) in [5.74, 6) is 0.411. The van der Waals surface area contributed by atoms with E-state index in [-0.39, 0.29) is 5.97 Å². The third-order valence-corrected chi connectivity index (χ3v) is 5.06. The third kappa shape index (κ3) is 4.40. The van der Waals surface area contributed by atoms with Gasteiger partial charge in [0.2, 0.25) is 0 Å². The van der Waals surface area contributed by atoms with E-state index in [4.69, 9.17) is 32.7 Å². The monoisotopic (exact) mass is 405 g/mol. The largest absolute Gasteiger partial charge is 0.494 e. The number of halogens is 2. The summed E-state index contributed by atoms with van der Waals surface area (Å²) in [7, 11) is 0. The van der Waals surface area contributed by atoms with Gasteiger partial charge in [0, 0.05) is 15.9 Å². The highest BCUT2D eigenvalue weighted by molar-refractivity contribution is 6.36. The van der Waals surface area contributed by atoms with Crippen LogP contribution in [-0.4, -0.2) is 24.2 Å². The number of carbonyl (C=O) groups is 1. The molecule has 3 aromatic rings. The van der Waals surface area contributed by atoms with Crippen LogP contribution in [0.4, 0.5) is 0 Å². The van der Waals surface area contributed by atoms with Crippen molar-refractivity contribution in [3.05, 3.63) is 63.3 Å². The summed E-state index contributed by atoms with van der Waals surface area (Å²) in [6.07, 6.45) is 1.37. The van der Waals surface area contributed by atoms with Gasteiger partial charge in [-0.3, -0.25) is 0 Å². The fraction of sp³-hybridized carbons (Fsp3) is 0.286. The van der Waals surface area contributed by atoms with Crippen molar-refractivity contribution >= 4 is 40.1 Å². The number of benzene rings is 2. The summed E-state index contributed by atoms with van der Waals surface area (Å²) in [4.78, 5) is 15.5. The van der Waals surface area contributed by atoms with E-state index < -0.39 is 0 Å². The van der Waals surface area contributed by atoms with E-state index in [9.17, 15) is 4.79 Å². The van der Waals surface area contributed by atoms with Crippen molar-refractivity contribution in [2.75, 3.05) is 13.2 Å². The van der Waals surface area contributed by atoms with Crippen LogP contribution in [0.3, 0.4) is 0 Å². The minimum atomic E-state index is -0.367. The molecule has 1 aromatic heterocycles. The van der Waals surface area contributed by atoms with Gasteiger partial charge in [0.05, 0.1) is 18.2 Å². The molecule has 1 N–H and O–H groups in total. The lowest BCUT2D eigenvalue weighted by atomic mass is 10.1. The molecule has 142 valence electrons. The zero-order valence-corrected chi connectivity index (χ0v) is 16.8. The van der Waals surface area contributed by atoms with E-state index >= 15 is 0 Å². The Morgan fingerprint density at radius 1 is 1.15 bits per heavy atom. The maximum absolute atomic E-state index is 12.3. The number of H-pyrrole nitrogens is 1. The first-order valence-electron chi connectivity index (χ1n) is 8.86. The molecule has 2 aromatic carbocycles. The standard InChI is InChI=1S/C21H21Cl2NO3/c1-3-26-21(25)20-15(19-17(23)7-4-8-18(19)24-20)6-5-11-27-14-9-10-16(22)13(2)12-14/h4,7-10,12,24H,3,5-6,11H2,1-2H3. The minimum absolute atomic E-state index is 0.320. The van der Waals surface area contributed by atoms with Crippen molar-refractivity contribution < 1.29 is 14.3 Å². The van der Waals surface area contributed by atoms with Crippen molar-refractivity contribution in [2.24, 2.45) is 0 Å². The first-order chi connectivity index (χ1) is 13.0. The van der Waals surface area contributed by atoms with Crippen LogP contribution in [0.25, 0.3) is 10.9 Å². The minimum Gasteiger partial charge on any atom is -0.494 e. The van der Waals surface area contributed by atoms with Gasteiger partial charge >= 0.3 is 5.97 Å². The Morgan fingerprint density at radius 2 is 1.96 bits per heavy atom. The molecule has 6 heteroatoms. The number of hydrogen-bond acceptors (Lipinski definition) is 3. The molecule has 0 bridgehead atoms. The molecule has 0 spiro atoms. The summed E-state index contributed by atoms with van der Waals surface area (Å²) in [6.45, 7) is 4.56. The van der Waals surface area contributed by atoms with Crippen molar-refractivity contribution in [3.63, 3.8) is 0 Å². The number of aromatic amines is 1. The van der Waals surface area contributed by atoms with Gasteiger partial charge in [0.15, 0.2) is 0 Å².